The number of nitrogens with zero attached hydrogens (tertiary/aromatic N) is 1. The fourth-order valence-electron chi connectivity index (χ4n) is 1.79. The maximum absolute atomic E-state index is 12.0. The molecule has 0 saturated carbocycles. The second-order valence-corrected chi connectivity index (χ2v) is 4.23. The van der Waals surface area contributed by atoms with Crippen molar-refractivity contribution in [3.8, 4) is 0 Å². The summed E-state index contributed by atoms with van der Waals surface area (Å²) in [5, 5.41) is 1.69. The molecule has 8 heteroatoms. The van der Waals surface area contributed by atoms with Gasteiger partial charge in [0.05, 0.1) is 11.1 Å². The Kier molecular flexibility index (Phi) is 3.24. The molecule has 1 N–H and O–H groups in total. The van der Waals surface area contributed by atoms with Crippen molar-refractivity contribution < 1.29 is 27.6 Å². The molecule has 0 atom stereocenters. The van der Waals surface area contributed by atoms with Crippen LogP contribution in [0.4, 0.5) is 13.2 Å². The van der Waals surface area contributed by atoms with Gasteiger partial charge in [-0.15, -0.1) is 0 Å². The van der Waals surface area contributed by atoms with E-state index >= 15 is 0 Å². The van der Waals surface area contributed by atoms with E-state index < -0.39 is 30.4 Å². The van der Waals surface area contributed by atoms with Crippen LogP contribution >= 0.6 is 0 Å². The molecule has 1 aromatic carbocycles. The number of rotatable bonds is 2. The Morgan fingerprint density at radius 2 is 1.80 bits per heavy atom. The van der Waals surface area contributed by atoms with Crippen LogP contribution < -0.4 is 5.32 Å². The van der Waals surface area contributed by atoms with Crippen LogP contribution in [0.2, 0.25) is 0 Å². The van der Waals surface area contributed by atoms with Crippen LogP contribution in [0.15, 0.2) is 18.2 Å². The fourth-order valence-corrected chi connectivity index (χ4v) is 1.79. The number of hydrogen-bond donors (Lipinski definition) is 1. The maximum atomic E-state index is 12.0. The van der Waals surface area contributed by atoms with E-state index in [1.54, 1.807) is 5.32 Å². The van der Waals surface area contributed by atoms with Gasteiger partial charge in [0.15, 0.2) is 0 Å². The highest BCUT2D eigenvalue weighted by molar-refractivity contribution is 6.21. The highest BCUT2D eigenvalue weighted by Crippen LogP contribution is 2.22. The quantitative estimate of drug-likeness (QED) is 0.831. The molecule has 0 spiro atoms. The summed E-state index contributed by atoms with van der Waals surface area (Å²) in [4.78, 5) is 35.7. The SMILES string of the molecule is CN1C(=O)c2ccc(C(=O)NCC(F)(F)F)cc2C1=O. The van der Waals surface area contributed by atoms with Gasteiger partial charge >= 0.3 is 6.18 Å². The van der Waals surface area contributed by atoms with Crippen LogP contribution in [0.1, 0.15) is 31.1 Å². The summed E-state index contributed by atoms with van der Waals surface area (Å²) >= 11 is 0. The summed E-state index contributed by atoms with van der Waals surface area (Å²) < 4.78 is 36.0. The van der Waals surface area contributed by atoms with Crippen LogP contribution in [0.3, 0.4) is 0 Å². The summed E-state index contributed by atoms with van der Waals surface area (Å²) in [5.41, 5.74) is 0.0338. The maximum Gasteiger partial charge on any atom is 0.405 e. The number of carbonyl (C=O) groups is 3. The number of benzene rings is 1. The molecule has 1 aliphatic heterocycles. The number of hydrogen-bond acceptors (Lipinski definition) is 3. The van der Waals surface area contributed by atoms with Crippen molar-refractivity contribution in [2.75, 3.05) is 13.6 Å². The molecule has 1 aliphatic rings. The van der Waals surface area contributed by atoms with Gasteiger partial charge in [-0.1, -0.05) is 0 Å². The van der Waals surface area contributed by atoms with E-state index in [-0.39, 0.29) is 16.7 Å². The number of nitrogens with one attached hydrogen (secondary N) is 1. The van der Waals surface area contributed by atoms with Crippen molar-refractivity contribution in [2.24, 2.45) is 0 Å². The van der Waals surface area contributed by atoms with Crippen molar-refractivity contribution in [1.29, 1.82) is 0 Å². The van der Waals surface area contributed by atoms with Crippen LogP contribution in [-0.2, 0) is 0 Å². The Balaban J connectivity index is 2.23. The van der Waals surface area contributed by atoms with Crippen LogP contribution in [-0.4, -0.2) is 42.4 Å². The van der Waals surface area contributed by atoms with Gasteiger partial charge in [-0.25, -0.2) is 0 Å². The minimum absolute atomic E-state index is 0.0113. The Morgan fingerprint density at radius 1 is 1.20 bits per heavy atom. The van der Waals surface area contributed by atoms with Gasteiger partial charge < -0.3 is 5.32 Å². The molecule has 3 amide bonds. The molecule has 0 aliphatic carbocycles. The molecule has 106 valence electrons. The van der Waals surface area contributed by atoms with Crippen molar-refractivity contribution in [3.63, 3.8) is 0 Å². The fraction of sp³-hybridized carbons (Fsp3) is 0.250. The van der Waals surface area contributed by atoms with E-state index in [9.17, 15) is 27.6 Å². The molecular formula is C12H9F3N2O3. The lowest BCUT2D eigenvalue weighted by molar-refractivity contribution is -0.123. The molecular weight excluding hydrogens is 277 g/mol. The molecule has 20 heavy (non-hydrogen) atoms. The first-order valence-corrected chi connectivity index (χ1v) is 5.52. The first kappa shape index (κ1) is 14.0. The topological polar surface area (TPSA) is 66.5 Å². The van der Waals surface area contributed by atoms with Crippen molar-refractivity contribution in [2.45, 2.75) is 6.18 Å². The molecule has 0 radical (unpaired) electrons. The molecule has 1 heterocycles. The van der Waals surface area contributed by atoms with E-state index in [1.165, 1.54) is 19.2 Å². The van der Waals surface area contributed by atoms with Gasteiger partial charge in [-0.3, -0.25) is 19.3 Å². The monoisotopic (exact) mass is 286 g/mol. The standard InChI is InChI=1S/C12H9F3N2O3/c1-17-10(19)7-3-2-6(4-8(7)11(17)20)9(18)16-5-12(13,14)15/h2-4H,5H2,1H3,(H,16,18). The molecule has 0 fully saturated rings. The molecule has 2 rings (SSSR count). The highest BCUT2D eigenvalue weighted by Gasteiger charge is 2.33. The summed E-state index contributed by atoms with van der Waals surface area (Å²) in [7, 11) is 1.29. The van der Waals surface area contributed by atoms with Crippen LogP contribution in [0.5, 0.6) is 0 Å². The number of imide groups is 1. The lowest BCUT2D eigenvalue weighted by atomic mass is 10.1. The van der Waals surface area contributed by atoms with E-state index in [4.69, 9.17) is 0 Å². The van der Waals surface area contributed by atoms with Crippen LogP contribution in [0.25, 0.3) is 0 Å². The molecule has 0 unspecified atom stereocenters. The predicted octanol–water partition coefficient (Wildman–Crippen LogP) is 1.20. The molecule has 0 bridgehead atoms. The van der Waals surface area contributed by atoms with E-state index in [0.717, 1.165) is 11.0 Å². The minimum Gasteiger partial charge on any atom is -0.343 e. The second-order valence-electron chi connectivity index (χ2n) is 4.23. The lowest BCUT2D eigenvalue weighted by Gasteiger charge is -2.08. The zero-order valence-electron chi connectivity index (χ0n) is 10.2. The third-order valence-electron chi connectivity index (χ3n) is 2.80. The van der Waals surface area contributed by atoms with Crippen LogP contribution in [0, 0.1) is 0 Å². The minimum atomic E-state index is -4.52. The smallest absolute Gasteiger partial charge is 0.343 e. The largest absolute Gasteiger partial charge is 0.405 e. The number of halogens is 3. The summed E-state index contributed by atoms with van der Waals surface area (Å²) in [6.45, 7) is -1.46. The lowest BCUT2D eigenvalue weighted by Crippen LogP contribution is -2.33. The zero-order valence-corrected chi connectivity index (χ0v) is 10.2. The Hall–Kier alpha value is -2.38. The summed E-state index contributed by atoms with van der Waals surface area (Å²) in [6.07, 6.45) is -4.52. The van der Waals surface area contributed by atoms with Crippen molar-refractivity contribution in [1.82, 2.24) is 10.2 Å². The third-order valence-corrected chi connectivity index (χ3v) is 2.80. The van der Waals surface area contributed by atoms with Gasteiger partial charge in [0, 0.05) is 12.6 Å². The van der Waals surface area contributed by atoms with Gasteiger partial charge in [-0.2, -0.15) is 13.2 Å². The Bertz CT molecular complexity index is 610. The van der Waals surface area contributed by atoms with Gasteiger partial charge in [0.25, 0.3) is 17.7 Å². The number of carbonyl (C=O) groups excluding carboxylic acids is 3. The van der Waals surface area contributed by atoms with Gasteiger partial charge in [0.1, 0.15) is 6.54 Å². The summed E-state index contributed by atoms with van der Waals surface area (Å²) in [5.74, 6) is -2.05. The third kappa shape index (κ3) is 2.49. The molecule has 0 saturated heterocycles. The number of fused-ring (bicyclic) bond motifs is 1. The second kappa shape index (κ2) is 4.62. The average molecular weight is 286 g/mol. The van der Waals surface area contributed by atoms with Gasteiger partial charge in [0.2, 0.25) is 0 Å². The normalized spacial score (nSPS) is 14.5. The van der Waals surface area contributed by atoms with E-state index in [2.05, 4.69) is 0 Å². The number of alkyl halides is 3. The van der Waals surface area contributed by atoms with Gasteiger partial charge in [-0.05, 0) is 18.2 Å². The molecule has 0 aromatic heterocycles. The Morgan fingerprint density at radius 3 is 2.40 bits per heavy atom. The first-order valence-electron chi connectivity index (χ1n) is 5.52. The summed E-state index contributed by atoms with van der Waals surface area (Å²) in [6, 6.07) is 3.57. The predicted molar refractivity (Wildman–Crippen MR) is 61.3 cm³/mol. The zero-order chi connectivity index (χ0) is 15.1. The highest BCUT2D eigenvalue weighted by atomic mass is 19.4. The van der Waals surface area contributed by atoms with Crippen molar-refractivity contribution >= 4 is 17.7 Å². The Labute approximate surface area is 111 Å². The molecule has 1 aromatic rings. The van der Waals surface area contributed by atoms with E-state index in [1.807, 2.05) is 0 Å². The average Bonchev–Trinajstić information content (AvgIpc) is 2.60. The first-order chi connectivity index (χ1) is 9.20. The number of amides is 3. The van der Waals surface area contributed by atoms with E-state index in [0.29, 0.717) is 0 Å². The molecule has 5 nitrogen and oxygen atoms in total. The van der Waals surface area contributed by atoms with Crippen molar-refractivity contribution in [3.05, 3.63) is 34.9 Å².